The number of hydrogen-bond donors (Lipinski definition) is 0. The molecule has 0 saturated carbocycles. The van der Waals surface area contributed by atoms with Crippen LogP contribution < -0.4 is 10.3 Å². The molecule has 6 heteroatoms. The van der Waals surface area contributed by atoms with Crippen LogP contribution in [0.4, 0.5) is 0 Å². The number of hydrogen-bond acceptors (Lipinski definition) is 5. The SMILES string of the molecule is CCCCOCCOCCC(=O)Oc1ccccc1-n1ccccc1=O. The number of unbranched alkanes of at least 4 members (excludes halogenated alkanes) is 1. The number of nitrogens with zero attached hydrogens (tertiary/aromatic N) is 1. The monoisotopic (exact) mass is 359 g/mol. The van der Waals surface area contributed by atoms with Crippen LogP contribution in [-0.2, 0) is 14.3 Å². The van der Waals surface area contributed by atoms with E-state index in [2.05, 4.69) is 6.92 Å². The molecule has 0 aliphatic carbocycles. The van der Waals surface area contributed by atoms with Crippen LogP contribution in [0.25, 0.3) is 5.69 Å². The molecule has 0 saturated heterocycles. The molecule has 0 radical (unpaired) electrons. The number of esters is 1. The number of aromatic nitrogens is 1. The van der Waals surface area contributed by atoms with Crippen molar-refractivity contribution in [3.05, 3.63) is 59.0 Å². The van der Waals surface area contributed by atoms with Gasteiger partial charge in [0, 0.05) is 18.9 Å². The summed E-state index contributed by atoms with van der Waals surface area (Å²) in [6.45, 7) is 4.08. The summed E-state index contributed by atoms with van der Waals surface area (Å²) in [5, 5.41) is 0. The van der Waals surface area contributed by atoms with Crippen molar-refractivity contribution in [1.82, 2.24) is 4.57 Å². The lowest BCUT2D eigenvalue weighted by Gasteiger charge is -2.11. The highest BCUT2D eigenvalue weighted by Crippen LogP contribution is 2.21. The van der Waals surface area contributed by atoms with Crippen LogP contribution in [0, 0.1) is 0 Å². The molecule has 0 fully saturated rings. The maximum absolute atomic E-state index is 12.0. The maximum atomic E-state index is 12.0. The van der Waals surface area contributed by atoms with Gasteiger partial charge >= 0.3 is 5.97 Å². The van der Waals surface area contributed by atoms with Gasteiger partial charge < -0.3 is 14.2 Å². The molecule has 0 aliphatic heterocycles. The van der Waals surface area contributed by atoms with Crippen molar-refractivity contribution in [3.63, 3.8) is 0 Å². The van der Waals surface area contributed by atoms with Crippen LogP contribution in [0.2, 0.25) is 0 Å². The third kappa shape index (κ3) is 6.46. The molecule has 1 aromatic heterocycles. The van der Waals surface area contributed by atoms with Gasteiger partial charge in [0.1, 0.15) is 0 Å². The fourth-order valence-electron chi connectivity index (χ4n) is 2.27. The Kier molecular flexibility index (Phi) is 8.59. The fourth-order valence-corrected chi connectivity index (χ4v) is 2.27. The molecule has 0 amide bonds. The molecule has 2 aromatic rings. The highest BCUT2D eigenvalue weighted by atomic mass is 16.5. The van der Waals surface area contributed by atoms with Crippen LogP contribution in [0.15, 0.2) is 53.5 Å². The minimum Gasteiger partial charge on any atom is -0.424 e. The van der Waals surface area contributed by atoms with Gasteiger partial charge in [0.2, 0.25) is 0 Å². The minimum atomic E-state index is -0.409. The molecule has 0 aliphatic rings. The van der Waals surface area contributed by atoms with Crippen molar-refractivity contribution in [2.75, 3.05) is 26.4 Å². The van der Waals surface area contributed by atoms with E-state index in [1.54, 1.807) is 42.6 Å². The van der Waals surface area contributed by atoms with Crippen LogP contribution >= 0.6 is 0 Å². The van der Waals surface area contributed by atoms with Crippen LogP contribution in [0.3, 0.4) is 0 Å². The number of pyridine rings is 1. The third-order valence-electron chi connectivity index (χ3n) is 3.64. The summed E-state index contributed by atoms with van der Waals surface area (Å²) in [6, 6.07) is 11.8. The number of rotatable bonds is 11. The predicted octanol–water partition coefficient (Wildman–Crippen LogP) is 2.97. The second-order valence-electron chi connectivity index (χ2n) is 5.68. The Morgan fingerprint density at radius 1 is 0.962 bits per heavy atom. The zero-order valence-corrected chi connectivity index (χ0v) is 15.1. The maximum Gasteiger partial charge on any atom is 0.313 e. The van der Waals surface area contributed by atoms with Gasteiger partial charge in [-0.3, -0.25) is 14.2 Å². The second kappa shape index (κ2) is 11.2. The Labute approximate surface area is 153 Å². The Balaban J connectivity index is 1.81. The lowest BCUT2D eigenvalue weighted by atomic mass is 10.2. The van der Waals surface area contributed by atoms with Gasteiger partial charge in [0.15, 0.2) is 5.75 Å². The van der Waals surface area contributed by atoms with E-state index in [1.165, 1.54) is 10.6 Å². The highest BCUT2D eigenvalue weighted by molar-refractivity contribution is 5.73. The average molecular weight is 359 g/mol. The second-order valence-corrected chi connectivity index (χ2v) is 5.68. The summed E-state index contributed by atoms with van der Waals surface area (Å²) < 4.78 is 17.6. The fraction of sp³-hybridized carbons (Fsp3) is 0.400. The van der Waals surface area contributed by atoms with E-state index in [-0.39, 0.29) is 18.6 Å². The van der Waals surface area contributed by atoms with Crippen molar-refractivity contribution >= 4 is 5.97 Å². The van der Waals surface area contributed by atoms with Gasteiger partial charge in [-0.15, -0.1) is 0 Å². The summed E-state index contributed by atoms with van der Waals surface area (Å²) in [6.07, 6.45) is 3.91. The minimum absolute atomic E-state index is 0.132. The Morgan fingerprint density at radius 3 is 2.46 bits per heavy atom. The number of carbonyl (C=O) groups excluding carboxylic acids is 1. The van der Waals surface area contributed by atoms with Gasteiger partial charge in [0.25, 0.3) is 5.56 Å². The first-order chi connectivity index (χ1) is 12.7. The van der Waals surface area contributed by atoms with E-state index in [4.69, 9.17) is 14.2 Å². The van der Waals surface area contributed by atoms with Gasteiger partial charge in [-0.25, -0.2) is 0 Å². The molecule has 0 unspecified atom stereocenters. The summed E-state index contributed by atoms with van der Waals surface area (Å²) in [7, 11) is 0. The lowest BCUT2D eigenvalue weighted by molar-refractivity contribution is -0.135. The summed E-state index contributed by atoms with van der Waals surface area (Å²) in [5.74, 6) is -0.0676. The molecule has 0 atom stereocenters. The van der Waals surface area contributed by atoms with Crippen LogP contribution in [-0.4, -0.2) is 37.0 Å². The van der Waals surface area contributed by atoms with Gasteiger partial charge in [0.05, 0.1) is 31.9 Å². The first-order valence-corrected chi connectivity index (χ1v) is 8.85. The number of benzene rings is 1. The van der Waals surface area contributed by atoms with Crippen molar-refractivity contribution < 1.29 is 19.0 Å². The van der Waals surface area contributed by atoms with E-state index in [1.807, 2.05) is 0 Å². The van der Waals surface area contributed by atoms with Crippen molar-refractivity contribution in [2.45, 2.75) is 26.2 Å². The third-order valence-corrected chi connectivity index (χ3v) is 3.64. The van der Waals surface area contributed by atoms with Crippen molar-refractivity contribution in [2.24, 2.45) is 0 Å². The zero-order valence-electron chi connectivity index (χ0n) is 15.1. The molecule has 140 valence electrons. The molecule has 26 heavy (non-hydrogen) atoms. The summed E-state index contributed by atoms with van der Waals surface area (Å²) >= 11 is 0. The average Bonchev–Trinajstić information content (AvgIpc) is 2.65. The van der Waals surface area contributed by atoms with E-state index in [0.29, 0.717) is 24.7 Å². The van der Waals surface area contributed by atoms with E-state index in [9.17, 15) is 9.59 Å². The quantitative estimate of drug-likeness (QED) is 0.351. The summed E-state index contributed by atoms with van der Waals surface area (Å²) in [5.41, 5.74) is 0.332. The Bertz CT molecular complexity index is 741. The van der Waals surface area contributed by atoms with E-state index < -0.39 is 5.97 Å². The Hall–Kier alpha value is -2.44. The Morgan fingerprint density at radius 2 is 1.69 bits per heavy atom. The zero-order chi connectivity index (χ0) is 18.6. The molecule has 1 heterocycles. The molecular formula is C20H25NO5. The molecule has 1 aromatic carbocycles. The smallest absolute Gasteiger partial charge is 0.313 e. The van der Waals surface area contributed by atoms with Crippen LogP contribution in [0.5, 0.6) is 5.75 Å². The van der Waals surface area contributed by atoms with E-state index in [0.717, 1.165) is 19.4 Å². The van der Waals surface area contributed by atoms with Gasteiger partial charge in [-0.2, -0.15) is 0 Å². The molecule has 0 spiro atoms. The number of para-hydroxylation sites is 2. The largest absolute Gasteiger partial charge is 0.424 e. The first-order valence-electron chi connectivity index (χ1n) is 8.85. The highest BCUT2D eigenvalue weighted by Gasteiger charge is 2.11. The summed E-state index contributed by atoms with van der Waals surface area (Å²) in [4.78, 5) is 24.0. The van der Waals surface area contributed by atoms with Crippen molar-refractivity contribution in [1.29, 1.82) is 0 Å². The molecule has 0 bridgehead atoms. The van der Waals surface area contributed by atoms with E-state index >= 15 is 0 Å². The van der Waals surface area contributed by atoms with Gasteiger partial charge in [-0.1, -0.05) is 31.5 Å². The molecule has 6 nitrogen and oxygen atoms in total. The number of carbonyl (C=O) groups is 1. The topological polar surface area (TPSA) is 66.8 Å². The van der Waals surface area contributed by atoms with Gasteiger partial charge in [-0.05, 0) is 24.6 Å². The molecule has 2 rings (SSSR count). The first kappa shape index (κ1) is 19.9. The standard InChI is InChI=1S/C20H25NO5/c1-2-3-13-24-15-16-25-14-11-20(23)26-18-9-5-4-8-17(18)21-12-7-6-10-19(21)22/h4-10,12H,2-3,11,13-16H2,1H3. The lowest BCUT2D eigenvalue weighted by Crippen LogP contribution is -2.18. The number of ether oxygens (including phenoxy) is 3. The predicted molar refractivity (Wildman–Crippen MR) is 98.8 cm³/mol. The van der Waals surface area contributed by atoms with Crippen LogP contribution in [0.1, 0.15) is 26.2 Å². The normalized spacial score (nSPS) is 10.7. The van der Waals surface area contributed by atoms with Crippen molar-refractivity contribution in [3.8, 4) is 11.4 Å². The molecule has 0 N–H and O–H groups in total. The molecular weight excluding hydrogens is 334 g/mol.